The first-order valence-electron chi connectivity index (χ1n) is 16.4. The first kappa shape index (κ1) is 33.8. The lowest BCUT2D eigenvalue weighted by molar-refractivity contribution is -0.143. The quantitative estimate of drug-likeness (QED) is 0.289. The molecule has 1 atom stereocenters. The largest absolute Gasteiger partial charge is 0.416 e. The van der Waals surface area contributed by atoms with Gasteiger partial charge in [0.1, 0.15) is 0 Å². The molecule has 0 aliphatic carbocycles. The van der Waals surface area contributed by atoms with Crippen molar-refractivity contribution in [1.29, 1.82) is 0 Å². The van der Waals surface area contributed by atoms with E-state index in [0.717, 1.165) is 69.3 Å². The highest BCUT2D eigenvalue weighted by Crippen LogP contribution is 2.39. The van der Waals surface area contributed by atoms with E-state index in [4.69, 9.17) is 0 Å². The van der Waals surface area contributed by atoms with Crippen molar-refractivity contribution in [2.45, 2.75) is 94.9 Å². The fourth-order valence-electron chi connectivity index (χ4n) is 7.57. The van der Waals surface area contributed by atoms with Crippen molar-refractivity contribution in [1.82, 2.24) is 14.7 Å². The first-order chi connectivity index (χ1) is 21.3. The molecule has 3 aliphatic heterocycles. The van der Waals surface area contributed by atoms with Gasteiger partial charge in [-0.2, -0.15) is 26.3 Å². The lowest BCUT2D eigenvalue weighted by Gasteiger charge is -2.42. The second-order valence-electron chi connectivity index (χ2n) is 13.4. The monoisotopic (exact) mass is 637 g/mol. The Morgan fingerprint density at radius 1 is 0.800 bits per heavy atom. The minimum atomic E-state index is -4.95. The number of nitrogens with zero attached hydrogens (tertiary/aromatic N) is 3. The van der Waals surface area contributed by atoms with Crippen molar-refractivity contribution in [3.05, 3.63) is 70.3 Å². The Balaban J connectivity index is 1.33. The maximum Gasteiger partial charge on any atom is 0.416 e. The van der Waals surface area contributed by atoms with Crippen molar-refractivity contribution < 1.29 is 31.1 Å². The van der Waals surface area contributed by atoms with Gasteiger partial charge in [0.05, 0.1) is 17.5 Å². The maximum absolute atomic E-state index is 13.7. The van der Waals surface area contributed by atoms with E-state index in [1.54, 1.807) is 4.90 Å². The number of rotatable bonds is 7. The van der Waals surface area contributed by atoms with Crippen molar-refractivity contribution in [3.63, 3.8) is 0 Å². The zero-order valence-corrected chi connectivity index (χ0v) is 26.2. The number of aryl methyl sites for hydroxylation is 1. The Hall–Kier alpha value is -2.59. The molecule has 0 radical (unpaired) electrons. The molecule has 248 valence electrons. The molecule has 0 unspecified atom stereocenters. The smallest absolute Gasteiger partial charge is 0.342 e. The summed E-state index contributed by atoms with van der Waals surface area (Å²) in [5.74, 6) is -0.441. The van der Waals surface area contributed by atoms with Gasteiger partial charge >= 0.3 is 12.4 Å². The molecule has 1 amide bonds. The van der Waals surface area contributed by atoms with Gasteiger partial charge in [-0.25, -0.2) is 0 Å². The van der Waals surface area contributed by atoms with Gasteiger partial charge < -0.3 is 14.7 Å². The zero-order chi connectivity index (χ0) is 32.2. The molecule has 5 rings (SSSR count). The summed E-state index contributed by atoms with van der Waals surface area (Å²) in [6, 6.07) is 10.5. The molecule has 3 heterocycles. The number of halogens is 6. The van der Waals surface area contributed by atoms with Crippen LogP contribution in [0.3, 0.4) is 0 Å². The molecule has 0 saturated carbocycles. The summed E-state index contributed by atoms with van der Waals surface area (Å²) in [5, 5.41) is 0. The summed E-state index contributed by atoms with van der Waals surface area (Å²) >= 11 is 0. The molecule has 0 spiro atoms. The van der Waals surface area contributed by atoms with E-state index in [9.17, 15) is 31.1 Å². The second kappa shape index (κ2) is 14.0. The van der Waals surface area contributed by atoms with E-state index >= 15 is 0 Å². The molecular formula is C35H45F6N3O. The van der Waals surface area contributed by atoms with E-state index in [1.807, 2.05) is 6.92 Å². The summed E-state index contributed by atoms with van der Waals surface area (Å²) in [7, 11) is 0. The molecule has 0 aromatic heterocycles. The molecule has 3 aliphatic rings. The van der Waals surface area contributed by atoms with Gasteiger partial charge in [-0.15, -0.1) is 0 Å². The fraction of sp³-hybridized carbons (Fsp3) is 0.629. The summed E-state index contributed by atoms with van der Waals surface area (Å²) in [6.45, 7) is 8.19. The van der Waals surface area contributed by atoms with Gasteiger partial charge in [0.25, 0.3) is 0 Å². The topological polar surface area (TPSA) is 26.8 Å². The maximum atomic E-state index is 13.7. The van der Waals surface area contributed by atoms with Crippen molar-refractivity contribution in [2.24, 2.45) is 0 Å². The standard InChI is InChI=1S/C35H45F6N3O/c1-26-7-9-28(10-8-26)33(14-20-42-18-11-31(12-19-42)43-15-4-2-5-16-43)13-3-6-17-44(25-33)32(45)23-27-21-29(34(36,37)38)24-30(22-27)35(39,40)41/h7-10,21-22,24,31H,2-6,11-20,23,25H2,1H3/t33-/m0/s1. The number of likely N-dealkylation sites (tertiary alicyclic amines) is 3. The van der Waals surface area contributed by atoms with Crippen LogP contribution < -0.4 is 0 Å². The van der Waals surface area contributed by atoms with Gasteiger partial charge in [0.2, 0.25) is 5.91 Å². The normalized spacial score (nSPS) is 23.2. The number of hydrogen-bond donors (Lipinski definition) is 0. The highest BCUT2D eigenvalue weighted by Gasteiger charge is 2.40. The van der Waals surface area contributed by atoms with Crippen LogP contribution in [0.2, 0.25) is 0 Å². The van der Waals surface area contributed by atoms with Crippen molar-refractivity contribution in [3.8, 4) is 0 Å². The van der Waals surface area contributed by atoms with Gasteiger partial charge in [-0.1, -0.05) is 42.7 Å². The van der Waals surface area contributed by atoms with Crippen LogP contribution in [-0.4, -0.2) is 72.5 Å². The molecule has 10 heteroatoms. The van der Waals surface area contributed by atoms with Crippen molar-refractivity contribution >= 4 is 5.91 Å². The Kier molecular flexibility index (Phi) is 10.5. The highest BCUT2D eigenvalue weighted by atomic mass is 19.4. The van der Waals surface area contributed by atoms with Crippen LogP contribution in [-0.2, 0) is 29.0 Å². The number of piperidine rings is 2. The molecule has 4 nitrogen and oxygen atoms in total. The minimum absolute atomic E-state index is 0.109. The van der Waals surface area contributed by atoms with Crippen LogP contribution in [0.1, 0.15) is 85.6 Å². The van der Waals surface area contributed by atoms with E-state index in [-0.39, 0.29) is 17.0 Å². The third-order valence-corrected chi connectivity index (χ3v) is 10.2. The van der Waals surface area contributed by atoms with Crippen molar-refractivity contribution in [2.75, 3.05) is 45.8 Å². The van der Waals surface area contributed by atoms with E-state index < -0.39 is 35.8 Å². The van der Waals surface area contributed by atoms with Crippen LogP contribution in [0.15, 0.2) is 42.5 Å². The third-order valence-electron chi connectivity index (χ3n) is 10.2. The Morgan fingerprint density at radius 3 is 2.00 bits per heavy atom. The Morgan fingerprint density at radius 2 is 1.40 bits per heavy atom. The van der Waals surface area contributed by atoms with Gasteiger partial charge in [0, 0.05) is 24.5 Å². The molecular weight excluding hydrogens is 592 g/mol. The number of carbonyl (C=O) groups is 1. The number of alkyl halides is 6. The third kappa shape index (κ3) is 8.61. The summed E-state index contributed by atoms with van der Waals surface area (Å²) in [6.07, 6.45) is -0.911. The lowest BCUT2D eigenvalue weighted by Crippen LogP contribution is -2.48. The fourth-order valence-corrected chi connectivity index (χ4v) is 7.57. The average molecular weight is 638 g/mol. The van der Waals surface area contributed by atoms with Crippen LogP contribution in [0.5, 0.6) is 0 Å². The Labute approximate surface area is 262 Å². The zero-order valence-electron chi connectivity index (χ0n) is 26.2. The van der Waals surface area contributed by atoms with Gasteiger partial charge in [-0.05, 0) is 114 Å². The van der Waals surface area contributed by atoms with Crippen LogP contribution in [0, 0.1) is 6.92 Å². The highest BCUT2D eigenvalue weighted by molar-refractivity contribution is 5.79. The van der Waals surface area contributed by atoms with Crippen LogP contribution in [0.4, 0.5) is 26.3 Å². The summed E-state index contributed by atoms with van der Waals surface area (Å²) in [4.78, 5) is 20.5. The van der Waals surface area contributed by atoms with Crippen LogP contribution in [0.25, 0.3) is 0 Å². The molecule has 0 N–H and O–H groups in total. The van der Waals surface area contributed by atoms with Gasteiger partial charge in [-0.3, -0.25) is 4.79 Å². The SMILES string of the molecule is Cc1ccc([C@]2(CCN3CCC(N4CCCCC4)CC3)CCCCN(C(=O)Cc3cc(C(F)(F)F)cc(C(F)(F)F)c3)C2)cc1. The van der Waals surface area contributed by atoms with E-state index in [1.165, 1.54) is 32.4 Å². The predicted molar refractivity (Wildman–Crippen MR) is 163 cm³/mol. The molecule has 45 heavy (non-hydrogen) atoms. The first-order valence-corrected chi connectivity index (χ1v) is 16.4. The van der Waals surface area contributed by atoms with E-state index in [2.05, 4.69) is 34.1 Å². The lowest BCUT2D eigenvalue weighted by atomic mass is 9.73. The molecule has 3 fully saturated rings. The van der Waals surface area contributed by atoms with Gasteiger partial charge in [0.15, 0.2) is 0 Å². The summed E-state index contributed by atoms with van der Waals surface area (Å²) < 4.78 is 80.9. The Bertz CT molecular complexity index is 1250. The van der Waals surface area contributed by atoms with E-state index in [0.29, 0.717) is 31.3 Å². The molecule has 2 aromatic carbocycles. The number of benzene rings is 2. The molecule has 3 saturated heterocycles. The predicted octanol–water partition coefficient (Wildman–Crippen LogP) is 7.87. The molecule has 2 aromatic rings. The second-order valence-corrected chi connectivity index (χ2v) is 13.4. The number of amides is 1. The van der Waals surface area contributed by atoms with Crippen LogP contribution >= 0.6 is 0 Å². The average Bonchev–Trinajstić information content (AvgIpc) is 3.24. The minimum Gasteiger partial charge on any atom is -0.342 e. The summed E-state index contributed by atoms with van der Waals surface area (Å²) in [5.41, 5.74) is -1.16. The number of hydrogen-bond acceptors (Lipinski definition) is 3. The number of carbonyl (C=O) groups excluding carboxylic acids is 1. The molecule has 0 bridgehead atoms.